The first-order valence-electron chi connectivity index (χ1n) is 6.91. The van der Waals surface area contributed by atoms with E-state index in [1.807, 2.05) is 25.1 Å². The Morgan fingerprint density at radius 1 is 1.30 bits per heavy atom. The van der Waals surface area contributed by atoms with Crippen molar-refractivity contribution in [3.8, 4) is 0 Å². The molecule has 3 aromatic rings. The molecule has 0 radical (unpaired) electrons. The van der Waals surface area contributed by atoms with E-state index in [4.69, 9.17) is 9.15 Å². The SMILES string of the molecule is Cc1ccc2nc(NC(=O)COC(=O)c3occc3C)sc2c1. The summed E-state index contributed by atoms with van der Waals surface area (Å²) in [5.74, 6) is -1.01. The summed E-state index contributed by atoms with van der Waals surface area (Å²) in [6, 6.07) is 7.51. The molecule has 0 fully saturated rings. The van der Waals surface area contributed by atoms with Crippen LogP contribution in [-0.2, 0) is 9.53 Å². The number of hydrogen-bond donors (Lipinski definition) is 1. The number of ether oxygens (including phenoxy) is 1. The van der Waals surface area contributed by atoms with E-state index in [1.54, 1.807) is 13.0 Å². The third-order valence-corrected chi connectivity index (χ3v) is 4.11. The number of furan rings is 1. The van der Waals surface area contributed by atoms with Crippen molar-refractivity contribution in [2.45, 2.75) is 13.8 Å². The number of hydrogen-bond acceptors (Lipinski definition) is 6. The van der Waals surface area contributed by atoms with E-state index in [0.717, 1.165) is 15.8 Å². The molecule has 2 heterocycles. The molecule has 1 N–H and O–H groups in total. The van der Waals surface area contributed by atoms with E-state index in [-0.39, 0.29) is 5.76 Å². The minimum absolute atomic E-state index is 0.105. The van der Waals surface area contributed by atoms with Crippen LogP contribution < -0.4 is 5.32 Å². The van der Waals surface area contributed by atoms with Crippen molar-refractivity contribution in [1.29, 1.82) is 0 Å². The number of benzene rings is 1. The predicted molar refractivity (Wildman–Crippen MR) is 86.7 cm³/mol. The number of nitrogens with zero attached hydrogens (tertiary/aromatic N) is 1. The Balaban J connectivity index is 1.60. The maximum atomic E-state index is 11.9. The molecule has 1 amide bonds. The lowest BCUT2D eigenvalue weighted by Crippen LogP contribution is -2.20. The summed E-state index contributed by atoms with van der Waals surface area (Å²) >= 11 is 1.37. The molecule has 1 aromatic carbocycles. The summed E-state index contributed by atoms with van der Waals surface area (Å²) in [6.45, 7) is 3.32. The summed E-state index contributed by atoms with van der Waals surface area (Å²) < 4.78 is 10.9. The van der Waals surface area contributed by atoms with Crippen LogP contribution in [0.4, 0.5) is 5.13 Å². The van der Waals surface area contributed by atoms with Gasteiger partial charge in [-0.3, -0.25) is 10.1 Å². The van der Waals surface area contributed by atoms with Crippen LogP contribution in [-0.4, -0.2) is 23.5 Å². The second-order valence-electron chi connectivity index (χ2n) is 5.05. The molecule has 0 atom stereocenters. The number of carbonyl (C=O) groups is 2. The van der Waals surface area contributed by atoms with E-state index in [2.05, 4.69) is 10.3 Å². The standard InChI is InChI=1S/C16H14N2O4S/c1-9-3-4-11-12(7-9)23-16(17-11)18-13(19)8-22-15(20)14-10(2)5-6-21-14/h3-7H,8H2,1-2H3,(H,17,18,19). The maximum absolute atomic E-state index is 11.9. The lowest BCUT2D eigenvalue weighted by Gasteiger charge is -2.03. The summed E-state index contributed by atoms with van der Waals surface area (Å²) in [5, 5.41) is 3.10. The van der Waals surface area contributed by atoms with Gasteiger partial charge in [-0.15, -0.1) is 0 Å². The van der Waals surface area contributed by atoms with Gasteiger partial charge in [0.25, 0.3) is 5.91 Å². The number of thiazole rings is 1. The molecule has 0 aliphatic heterocycles. The van der Waals surface area contributed by atoms with Crippen molar-refractivity contribution in [3.05, 3.63) is 47.4 Å². The normalized spacial score (nSPS) is 10.7. The van der Waals surface area contributed by atoms with Crippen LogP contribution in [0.15, 0.2) is 34.9 Å². The number of nitrogens with one attached hydrogen (secondary N) is 1. The van der Waals surface area contributed by atoms with Crippen molar-refractivity contribution < 1.29 is 18.7 Å². The van der Waals surface area contributed by atoms with E-state index >= 15 is 0 Å². The van der Waals surface area contributed by atoms with Crippen LogP contribution in [0.25, 0.3) is 10.2 Å². The Morgan fingerprint density at radius 2 is 2.13 bits per heavy atom. The van der Waals surface area contributed by atoms with Crippen molar-refractivity contribution >= 4 is 38.6 Å². The smallest absolute Gasteiger partial charge is 0.375 e. The Morgan fingerprint density at radius 3 is 2.87 bits per heavy atom. The van der Waals surface area contributed by atoms with Crippen LogP contribution in [0.5, 0.6) is 0 Å². The van der Waals surface area contributed by atoms with Gasteiger partial charge in [0.2, 0.25) is 5.76 Å². The van der Waals surface area contributed by atoms with Crippen molar-refractivity contribution in [3.63, 3.8) is 0 Å². The van der Waals surface area contributed by atoms with E-state index in [0.29, 0.717) is 10.7 Å². The van der Waals surface area contributed by atoms with Gasteiger partial charge in [0.05, 0.1) is 16.5 Å². The van der Waals surface area contributed by atoms with E-state index in [1.165, 1.54) is 17.6 Å². The van der Waals surface area contributed by atoms with Gasteiger partial charge in [0.1, 0.15) is 0 Å². The molecule has 3 rings (SSSR count). The molecule has 7 heteroatoms. The number of aromatic nitrogens is 1. The monoisotopic (exact) mass is 330 g/mol. The molecular weight excluding hydrogens is 316 g/mol. The molecule has 0 saturated heterocycles. The third kappa shape index (κ3) is 3.40. The highest BCUT2D eigenvalue weighted by molar-refractivity contribution is 7.22. The van der Waals surface area contributed by atoms with Crippen LogP contribution in [0.3, 0.4) is 0 Å². The first-order chi connectivity index (χ1) is 11.0. The molecule has 2 aromatic heterocycles. The first-order valence-corrected chi connectivity index (χ1v) is 7.73. The number of carbonyl (C=O) groups excluding carboxylic acids is 2. The summed E-state index contributed by atoms with van der Waals surface area (Å²) in [6.07, 6.45) is 1.40. The number of amides is 1. The summed E-state index contributed by atoms with van der Waals surface area (Å²) in [7, 11) is 0. The third-order valence-electron chi connectivity index (χ3n) is 3.17. The van der Waals surface area contributed by atoms with Gasteiger partial charge in [-0.2, -0.15) is 0 Å². The van der Waals surface area contributed by atoms with Gasteiger partial charge in [0, 0.05) is 5.56 Å². The second kappa shape index (κ2) is 6.21. The molecule has 0 aliphatic rings. The lowest BCUT2D eigenvalue weighted by molar-refractivity contribution is -0.119. The van der Waals surface area contributed by atoms with Gasteiger partial charge in [-0.1, -0.05) is 17.4 Å². The molecule has 0 unspecified atom stereocenters. The highest BCUT2D eigenvalue weighted by atomic mass is 32.1. The van der Waals surface area contributed by atoms with E-state index < -0.39 is 18.5 Å². The minimum Gasteiger partial charge on any atom is -0.457 e. The van der Waals surface area contributed by atoms with Gasteiger partial charge in [-0.25, -0.2) is 9.78 Å². The highest BCUT2D eigenvalue weighted by Gasteiger charge is 2.16. The van der Waals surface area contributed by atoms with Crippen LogP contribution in [0.2, 0.25) is 0 Å². The zero-order valence-electron chi connectivity index (χ0n) is 12.6. The lowest BCUT2D eigenvalue weighted by atomic mass is 10.2. The quantitative estimate of drug-likeness (QED) is 0.742. The maximum Gasteiger partial charge on any atom is 0.375 e. The zero-order valence-corrected chi connectivity index (χ0v) is 13.4. The molecule has 6 nitrogen and oxygen atoms in total. The Labute approximate surface area is 136 Å². The molecule has 23 heavy (non-hydrogen) atoms. The molecule has 0 aliphatic carbocycles. The average molecular weight is 330 g/mol. The van der Waals surface area contributed by atoms with Crippen molar-refractivity contribution in [1.82, 2.24) is 4.98 Å². The fourth-order valence-corrected chi connectivity index (χ4v) is 3.00. The molecular formula is C16H14N2O4S. The topological polar surface area (TPSA) is 81.4 Å². The molecule has 118 valence electrons. The summed E-state index contributed by atoms with van der Waals surface area (Å²) in [4.78, 5) is 27.9. The fourth-order valence-electron chi connectivity index (χ4n) is 2.02. The van der Waals surface area contributed by atoms with Gasteiger partial charge < -0.3 is 9.15 Å². The van der Waals surface area contributed by atoms with Crippen molar-refractivity contribution in [2.75, 3.05) is 11.9 Å². The Bertz CT molecular complexity index is 881. The Kier molecular flexibility index (Phi) is 4.12. The zero-order chi connectivity index (χ0) is 16.4. The number of fused-ring (bicyclic) bond motifs is 1. The largest absolute Gasteiger partial charge is 0.457 e. The van der Waals surface area contributed by atoms with Crippen molar-refractivity contribution in [2.24, 2.45) is 0 Å². The molecule has 0 spiro atoms. The predicted octanol–water partition coefficient (Wildman–Crippen LogP) is 3.30. The number of esters is 1. The van der Waals surface area contributed by atoms with Gasteiger partial charge in [0.15, 0.2) is 11.7 Å². The minimum atomic E-state index is -0.664. The van der Waals surface area contributed by atoms with Crippen LogP contribution >= 0.6 is 11.3 Å². The van der Waals surface area contributed by atoms with Crippen LogP contribution in [0, 0.1) is 13.8 Å². The second-order valence-corrected chi connectivity index (χ2v) is 6.08. The molecule has 0 bridgehead atoms. The fraction of sp³-hybridized carbons (Fsp3) is 0.188. The van der Waals surface area contributed by atoms with Gasteiger partial charge >= 0.3 is 5.97 Å². The molecule has 0 saturated carbocycles. The van der Waals surface area contributed by atoms with Crippen LogP contribution in [0.1, 0.15) is 21.7 Å². The number of rotatable bonds is 4. The summed E-state index contributed by atoms with van der Waals surface area (Å²) in [5.41, 5.74) is 2.61. The first kappa shape index (κ1) is 15.2. The highest BCUT2D eigenvalue weighted by Crippen LogP contribution is 2.26. The average Bonchev–Trinajstić information content (AvgIpc) is 3.10. The Hall–Kier alpha value is -2.67. The van der Waals surface area contributed by atoms with Gasteiger partial charge in [-0.05, 0) is 37.6 Å². The van der Waals surface area contributed by atoms with E-state index in [9.17, 15) is 9.59 Å². The number of anilines is 1. The number of aryl methyl sites for hydroxylation is 2.